The van der Waals surface area contributed by atoms with Crippen LogP contribution in [0.5, 0.6) is 5.75 Å². The largest absolute Gasteiger partial charge is 0.507 e. The molecule has 0 saturated carbocycles. The third-order valence-electron chi connectivity index (χ3n) is 6.64. The summed E-state index contributed by atoms with van der Waals surface area (Å²) in [7, 11) is 0.548. The Kier molecular flexibility index (Phi) is 8.14. The van der Waals surface area contributed by atoms with Crippen LogP contribution in [0, 0.1) is 0 Å². The Morgan fingerprint density at radius 2 is 1.32 bits per heavy atom. The monoisotopic (exact) mass is 484 g/mol. The molecule has 0 aliphatic carbocycles. The maximum absolute atomic E-state index is 11.6. The van der Waals surface area contributed by atoms with Crippen molar-refractivity contribution in [2.75, 3.05) is 0 Å². The topological polar surface area (TPSA) is 20.2 Å². The van der Waals surface area contributed by atoms with Gasteiger partial charge in [-0.15, -0.1) is 0 Å². The molecule has 4 rings (SSSR count). The fourth-order valence-corrected chi connectivity index (χ4v) is 6.52. The van der Waals surface area contributed by atoms with Crippen LogP contribution in [-0.2, 0) is 23.8 Å². The molecule has 0 heterocycles. The normalized spacial score (nSPS) is 13.3. The zero-order chi connectivity index (χ0) is 24.0. The minimum atomic E-state index is -0.165. The molecule has 34 heavy (non-hydrogen) atoms. The van der Waals surface area contributed by atoms with E-state index in [-0.39, 0.29) is 5.16 Å². The third-order valence-corrected chi connectivity index (χ3v) is 8.91. The molecular formula is C31H33OPS. The fourth-order valence-electron chi connectivity index (χ4n) is 4.49. The molecule has 3 heteroatoms. The Hall–Kier alpha value is -2.54. The van der Waals surface area contributed by atoms with Crippen molar-refractivity contribution >= 4 is 26.5 Å². The Morgan fingerprint density at radius 3 is 1.94 bits per heavy atom. The highest BCUT2D eigenvalue weighted by Gasteiger charge is 2.30. The predicted molar refractivity (Wildman–Crippen MR) is 151 cm³/mol. The van der Waals surface area contributed by atoms with E-state index in [1.54, 1.807) is 0 Å². The van der Waals surface area contributed by atoms with Gasteiger partial charge in [0.2, 0.25) is 0 Å². The lowest BCUT2D eigenvalue weighted by Crippen LogP contribution is -2.21. The van der Waals surface area contributed by atoms with Gasteiger partial charge in [0.05, 0.1) is 0 Å². The maximum atomic E-state index is 11.6. The number of rotatable bonds is 9. The van der Waals surface area contributed by atoms with Crippen molar-refractivity contribution in [2.45, 2.75) is 44.0 Å². The molecule has 0 fully saturated rings. The van der Waals surface area contributed by atoms with Gasteiger partial charge in [-0.3, -0.25) is 0 Å². The summed E-state index contributed by atoms with van der Waals surface area (Å²) in [4.78, 5) is 0. The third kappa shape index (κ3) is 5.74. The van der Waals surface area contributed by atoms with Gasteiger partial charge in [-0.05, 0) is 46.0 Å². The smallest absolute Gasteiger partial charge is 0.123 e. The molecule has 2 unspecified atom stereocenters. The Morgan fingerprint density at radius 1 is 0.735 bits per heavy atom. The summed E-state index contributed by atoms with van der Waals surface area (Å²) in [6.45, 7) is 4.53. The number of hydrogen-bond donors (Lipinski definition) is 2. The van der Waals surface area contributed by atoms with Gasteiger partial charge in [0.15, 0.2) is 0 Å². The summed E-state index contributed by atoms with van der Waals surface area (Å²) < 4.78 is 0. The molecule has 1 N–H and O–H groups in total. The highest BCUT2D eigenvalue weighted by molar-refractivity contribution is 7.79. The van der Waals surface area contributed by atoms with E-state index >= 15 is 0 Å². The van der Waals surface area contributed by atoms with E-state index < -0.39 is 0 Å². The highest BCUT2D eigenvalue weighted by Crippen LogP contribution is 2.49. The zero-order valence-corrected chi connectivity index (χ0v) is 21.9. The number of hydrogen-bond acceptors (Lipinski definition) is 2. The summed E-state index contributed by atoms with van der Waals surface area (Å²) in [5, 5.41) is 12.8. The van der Waals surface area contributed by atoms with Crippen molar-refractivity contribution < 1.29 is 5.11 Å². The first-order valence-electron chi connectivity index (χ1n) is 11.9. The van der Waals surface area contributed by atoms with Crippen LogP contribution in [0.4, 0.5) is 0 Å². The van der Waals surface area contributed by atoms with E-state index in [2.05, 4.69) is 117 Å². The van der Waals surface area contributed by atoms with E-state index in [4.69, 9.17) is 0 Å². The van der Waals surface area contributed by atoms with Gasteiger partial charge < -0.3 is 5.11 Å². The van der Waals surface area contributed by atoms with Crippen LogP contribution < -0.4 is 5.30 Å². The first kappa shape index (κ1) is 24.6. The summed E-state index contributed by atoms with van der Waals surface area (Å²) >= 11 is 4.57. The quantitative estimate of drug-likeness (QED) is 0.185. The first-order chi connectivity index (χ1) is 16.5. The van der Waals surface area contributed by atoms with Crippen molar-refractivity contribution in [3.05, 3.63) is 130 Å². The predicted octanol–water partition coefficient (Wildman–Crippen LogP) is 7.63. The number of thiol groups is 1. The Labute approximate surface area is 211 Å². The van der Waals surface area contributed by atoms with E-state index in [1.165, 1.54) is 27.6 Å². The lowest BCUT2D eigenvalue weighted by Gasteiger charge is -2.32. The van der Waals surface area contributed by atoms with Gasteiger partial charge >= 0.3 is 0 Å². The average Bonchev–Trinajstić information content (AvgIpc) is 2.87. The van der Waals surface area contributed by atoms with Crippen molar-refractivity contribution in [3.63, 3.8) is 0 Å². The minimum absolute atomic E-state index is 0.165. The molecule has 2 atom stereocenters. The van der Waals surface area contributed by atoms with Gasteiger partial charge in [-0.25, -0.2) is 0 Å². The molecule has 4 aromatic carbocycles. The van der Waals surface area contributed by atoms with Crippen LogP contribution in [-0.4, -0.2) is 5.11 Å². The molecule has 0 aliphatic rings. The van der Waals surface area contributed by atoms with Gasteiger partial charge in [-0.1, -0.05) is 119 Å². The van der Waals surface area contributed by atoms with E-state index in [1.807, 2.05) is 6.07 Å². The summed E-state index contributed by atoms with van der Waals surface area (Å²) in [5.74, 6) is 1.17. The lowest BCUT2D eigenvalue weighted by molar-refractivity contribution is 0.450. The summed E-state index contributed by atoms with van der Waals surface area (Å²) in [5.41, 5.74) is 7.07. The van der Waals surface area contributed by atoms with Gasteiger partial charge in [-0.2, -0.15) is 12.6 Å². The van der Waals surface area contributed by atoms with Crippen molar-refractivity contribution in [1.82, 2.24) is 0 Å². The molecule has 0 bridgehead atoms. The maximum Gasteiger partial charge on any atom is 0.123 e. The van der Waals surface area contributed by atoms with Crippen LogP contribution in [0.1, 0.15) is 53.6 Å². The molecule has 0 aliphatic heterocycles. The lowest BCUT2D eigenvalue weighted by atomic mass is 9.89. The SMILES string of the molecule is CCC(C)(Pc1ccccc1CS)c1cc(Cc2ccccc2)cc(Cc2ccccc2)c1O. The zero-order valence-electron chi connectivity index (χ0n) is 20.0. The number of phenols is 1. The van der Waals surface area contributed by atoms with E-state index in [0.29, 0.717) is 14.3 Å². The summed E-state index contributed by atoms with van der Waals surface area (Å²) in [6.07, 6.45) is 2.52. The molecular weight excluding hydrogens is 451 g/mol. The second kappa shape index (κ2) is 11.3. The van der Waals surface area contributed by atoms with Crippen molar-refractivity contribution in [3.8, 4) is 5.75 Å². The second-order valence-corrected chi connectivity index (χ2v) is 11.3. The molecule has 0 amide bonds. The van der Waals surface area contributed by atoms with Crippen molar-refractivity contribution in [1.29, 1.82) is 0 Å². The van der Waals surface area contributed by atoms with Crippen LogP contribution >= 0.6 is 21.2 Å². The Balaban J connectivity index is 1.79. The second-order valence-electron chi connectivity index (χ2n) is 9.10. The van der Waals surface area contributed by atoms with Gasteiger partial charge in [0.25, 0.3) is 0 Å². The first-order valence-corrected chi connectivity index (χ1v) is 13.6. The molecule has 0 aromatic heterocycles. The minimum Gasteiger partial charge on any atom is -0.507 e. The molecule has 0 saturated heterocycles. The molecule has 4 aromatic rings. The van der Waals surface area contributed by atoms with Gasteiger partial charge in [0.1, 0.15) is 5.75 Å². The van der Waals surface area contributed by atoms with Crippen LogP contribution in [0.25, 0.3) is 0 Å². The Bertz CT molecular complexity index is 1220. The number of aromatic hydroxyl groups is 1. The fraction of sp³-hybridized carbons (Fsp3) is 0.226. The standard InChI is InChI=1S/C31H33OPS/c1-3-31(2,33-29-17-11-10-16-26(29)22-34)28-21-25(18-23-12-6-4-7-13-23)20-27(30(28)32)19-24-14-8-5-9-15-24/h4-17,20-21,32-34H,3,18-19,22H2,1-2H3. The average molecular weight is 485 g/mol. The number of phenolic OH excluding ortho intramolecular Hbond substituents is 1. The summed E-state index contributed by atoms with van der Waals surface area (Å²) in [6, 6.07) is 34.0. The highest BCUT2D eigenvalue weighted by atomic mass is 32.1. The molecule has 0 radical (unpaired) electrons. The molecule has 0 spiro atoms. The molecule has 174 valence electrons. The van der Waals surface area contributed by atoms with Crippen LogP contribution in [0.3, 0.4) is 0 Å². The van der Waals surface area contributed by atoms with Crippen LogP contribution in [0.15, 0.2) is 97.1 Å². The van der Waals surface area contributed by atoms with Gasteiger partial charge in [0, 0.05) is 22.9 Å². The number of benzene rings is 4. The van der Waals surface area contributed by atoms with E-state index in [0.717, 1.165) is 36.1 Å². The van der Waals surface area contributed by atoms with Crippen molar-refractivity contribution in [2.24, 2.45) is 0 Å². The van der Waals surface area contributed by atoms with E-state index in [9.17, 15) is 5.11 Å². The molecule has 1 nitrogen and oxygen atoms in total. The van der Waals surface area contributed by atoms with Crippen LogP contribution in [0.2, 0.25) is 0 Å².